The zero-order valence-electron chi connectivity index (χ0n) is 9.83. The van der Waals surface area contributed by atoms with E-state index < -0.39 is 18.7 Å². The van der Waals surface area contributed by atoms with Crippen molar-refractivity contribution in [1.29, 1.82) is 0 Å². The van der Waals surface area contributed by atoms with Gasteiger partial charge in [-0.3, -0.25) is 9.63 Å². The van der Waals surface area contributed by atoms with Crippen molar-refractivity contribution < 1.29 is 22.8 Å². The number of amides is 1. The van der Waals surface area contributed by atoms with Crippen LogP contribution in [0.2, 0.25) is 0 Å². The Morgan fingerprint density at radius 1 is 1.40 bits per heavy atom. The third kappa shape index (κ3) is 3.75. The van der Waals surface area contributed by atoms with E-state index in [1.165, 1.54) is 35.7 Å². The van der Waals surface area contributed by atoms with Crippen molar-refractivity contribution in [1.82, 2.24) is 25.2 Å². The highest BCUT2D eigenvalue weighted by atomic mass is 19.4. The minimum absolute atomic E-state index is 0.0519. The molecule has 7 nitrogen and oxygen atoms in total. The Kier molecular flexibility index (Phi) is 3.94. The van der Waals surface area contributed by atoms with Gasteiger partial charge in [-0.1, -0.05) is 0 Å². The molecule has 0 aromatic carbocycles. The van der Waals surface area contributed by atoms with Gasteiger partial charge in [-0.25, -0.2) is 20.1 Å². The summed E-state index contributed by atoms with van der Waals surface area (Å²) in [6, 6.07) is 2.84. The molecule has 0 aliphatic heterocycles. The fraction of sp³-hybridized carbons (Fsp3) is 0.200. The summed E-state index contributed by atoms with van der Waals surface area (Å²) in [7, 11) is 0. The second-order valence-electron chi connectivity index (χ2n) is 3.58. The van der Waals surface area contributed by atoms with Gasteiger partial charge in [-0.2, -0.15) is 18.3 Å². The van der Waals surface area contributed by atoms with Crippen molar-refractivity contribution in [3.05, 3.63) is 36.5 Å². The summed E-state index contributed by atoms with van der Waals surface area (Å²) in [6.07, 6.45) is -0.604. The molecule has 1 N–H and O–H groups in total. The summed E-state index contributed by atoms with van der Waals surface area (Å²) >= 11 is 0. The molecule has 2 rings (SSSR count). The number of nitrogens with one attached hydrogen (secondary N) is 1. The van der Waals surface area contributed by atoms with Crippen LogP contribution in [0, 0.1) is 0 Å². The first-order valence-corrected chi connectivity index (χ1v) is 5.25. The number of alkyl halides is 3. The summed E-state index contributed by atoms with van der Waals surface area (Å²) in [5.74, 6) is -0.415. The molecule has 2 aromatic heterocycles. The Balaban J connectivity index is 1.94. The standard InChI is InChI=1S/C10H8F3N5O2/c11-10(12,13)4-20-17-9(19)7-1-2-8(15-3-7)18-6-14-5-16-18/h1-3,5-6H,4H2,(H,17,19). The zero-order valence-corrected chi connectivity index (χ0v) is 9.83. The second kappa shape index (κ2) is 5.65. The summed E-state index contributed by atoms with van der Waals surface area (Å²) in [5.41, 5.74) is 1.73. The zero-order chi connectivity index (χ0) is 14.6. The molecule has 106 valence electrons. The van der Waals surface area contributed by atoms with E-state index in [9.17, 15) is 18.0 Å². The minimum atomic E-state index is -4.51. The highest BCUT2D eigenvalue weighted by Crippen LogP contribution is 2.13. The lowest BCUT2D eigenvalue weighted by molar-refractivity contribution is -0.184. The van der Waals surface area contributed by atoms with Gasteiger partial charge in [-0.15, -0.1) is 0 Å². The predicted octanol–water partition coefficient (Wildman–Crippen LogP) is 0.886. The van der Waals surface area contributed by atoms with E-state index >= 15 is 0 Å². The van der Waals surface area contributed by atoms with Gasteiger partial charge in [0, 0.05) is 6.20 Å². The van der Waals surface area contributed by atoms with Crippen molar-refractivity contribution in [2.24, 2.45) is 0 Å². The minimum Gasteiger partial charge on any atom is -0.267 e. The van der Waals surface area contributed by atoms with E-state index in [-0.39, 0.29) is 5.56 Å². The molecule has 0 fully saturated rings. The van der Waals surface area contributed by atoms with E-state index in [4.69, 9.17) is 0 Å². The average molecular weight is 287 g/mol. The summed E-state index contributed by atoms with van der Waals surface area (Å²) in [6.45, 7) is -1.57. The molecule has 2 heterocycles. The van der Waals surface area contributed by atoms with Crippen LogP contribution in [0.4, 0.5) is 13.2 Å². The molecule has 20 heavy (non-hydrogen) atoms. The van der Waals surface area contributed by atoms with Crippen LogP contribution in [0.1, 0.15) is 10.4 Å². The number of hydrogen-bond acceptors (Lipinski definition) is 5. The maximum Gasteiger partial charge on any atom is 0.414 e. The topological polar surface area (TPSA) is 81.9 Å². The molecular formula is C10H8F3N5O2. The van der Waals surface area contributed by atoms with Crippen LogP contribution in [0.25, 0.3) is 5.82 Å². The van der Waals surface area contributed by atoms with Gasteiger partial charge >= 0.3 is 6.18 Å². The predicted molar refractivity (Wildman–Crippen MR) is 58.6 cm³/mol. The molecular weight excluding hydrogens is 279 g/mol. The normalized spacial score (nSPS) is 11.3. The molecule has 0 spiro atoms. The second-order valence-corrected chi connectivity index (χ2v) is 3.58. The number of rotatable bonds is 4. The Morgan fingerprint density at radius 3 is 2.75 bits per heavy atom. The Hall–Kier alpha value is -2.49. The van der Waals surface area contributed by atoms with Gasteiger partial charge in [0.15, 0.2) is 12.4 Å². The molecule has 0 radical (unpaired) electrons. The first-order valence-electron chi connectivity index (χ1n) is 5.25. The maximum absolute atomic E-state index is 11.8. The lowest BCUT2D eigenvalue weighted by atomic mass is 10.3. The molecule has 0 aliphatic rings. The fourth-order valence-electron chi connectivity index (χ4n) is 1.22. The molecule has 0 bridgehead atoms. The highest BCUT2D eigenvalue weighted by molar-refractivity contribution is 5.93. The Bertz CT molecular complexity index is 568. The fourth-order valence-corrected chi connectivity index (χ4v) is 1.22. The lowest BCUT2D eigenvalue weighted by Gasteiger charge is -2.08. The summed E-state index contributed by atoms with van der Waals surface area (Å²) in [5, 5.41) is 3.83. The van der Waals surface area contributed by atoms with Crippen LogP contribution in [-0.4, -0.2) is 38.4 Å². The van der Waals surface area contributed by atoms with Crippen LogP contribution in [0.5, 0.6) is 0 Å². The third-order valence-electron chi connectivity index (χ3n) is 2.06. The number of pyridine rings is 1. The van der Waals surface area contributed by atoms with Gasteiger partial charge in [-0.05, 0) is 12.1 Å². The number of nitrogens with zero attached hydrogens (tertiary/aromatic N) is 4. The van der Waals surface area contributed by atoms with E-state index in [1.807, 2.05) is 0 Å². The third-order valence-corrected chi connectivity index (χ3v) is 2.06. The Morgan fingerprint density at radius 2 is 2.20 bits per heavy atom. The SMILES string of the molecule is O=C(NOCC(F)(F)F)c1ccc(-n2cncn2)nc1. The largest absolute Gasteiger partial charge is 0.414 e. The number of carbonyl (C=O) groups excluding carboxylic acids is 1. The number of carbonyl (C=O) groups is 1. The van der Waals surface area contributed by atoms with Crippen LogP contribution < -0.4 is 5.48 Å². The number of hydroxylamine groups is 1. The van der Waals surface area contributed by atoms with Crippen molar-refractivity contribution in [3.8, 4) is 5.82 Å². The average Bonchev–Trinajstić information content (AvgIpc) is 2.91. The molecule has 0 unspecified atom stereocenters. The quantitative estimate of drug-likeness (QED) is 0.844. The molecule has 0 saturated carbocycles. The Labute approximate surface area is 110 Å². The van der Waals surface area contributed by atoms with Gasteiger partial charge < -0.3 is 0 Å². The first kappa shape index (κ1) is 13.9. The summed E-state index contributed by atoms with van der Waals surface area (Å²) in [4.78, 5) is 23.1. The highest BCUT2D eigenvalue weighted by Gasteiger charge is 2.28. The van der Waals surface area contributed by atoms with E-state index in [0.29, 0.717) is 5.82 Å². The molecule has 0 atom stereocenters. The van der Waals surface area contributed by atoms with E-state index in [2.05, 4.69) is 19.9 Å². The summed E-state index contributed by atoms with van der Waals surface area (Å²) < 4.78 is 36.8. The first-order chi connectivity index (χ1) is 9.46. The van der Waals surface area contributed by atoms with E-state index in [1.54, 1.807) is 5.48 Å². The van der Waals surface area contributed by atoms with Crippen molar-refractivity contribution in [2.75, 3.05) is 6.61 Å². The number of aromatic nitrogens is 4. The number of halogens is 3. The van der Waals surface area contributed by atoms with Gasteiger partial charge in [0.1, 0.15) is 12.7 Å². The van der Waals surface area contributed by atoms with Crippen LogP contribution in [-0.2, 0) is 4.84 Å². The van der Waals surface area contributed by atoms with Crippen LogP contribution in [0.3, 0.4) is 0 Å². The molecule has 0 saturated heterocycles. The van der Waals surface area contributed by atoms with Crippen LogP contribution >= 0.6 is 0 Å². The molecule has 2 aromatic rings. The van der Waals surface area contributed by atoms with Crippen molar-refractivity contribution in [3.63, 3.8) is 0 Å². The molecule has 1 amide bonds. The maximum atomic E-state index is 11.8. The monoisotopic (exact) mass is 287 g/mol. The van der Waals surface area contributed by atoms with Crippen molar-refractivity contribution in [2.45, 2.75) is 6.18 Å². The van der Waals surface area contributed by atoms with Crippen molar-refractivity contribution >= 4 is 5.91 Å². The lowest BCUT2D eigenvalue weighted by Crippen LogP contribution is -2.29. The van der Waals surface area contributed by atoms with Gasteiger partial charge in [0.05, 0.1) is 5.56 Å². The van der Waals surface area contributed by atoms with Crippen LogP contribution in [0.15, 0.2) is 31.0 Å². The van der Waals surface area contributed by atoms with Gasteiger partial charge in [0.2, 0.25) is 0 Å². The molecule has 0 aliphatic carbocycles. The smallest absolute Gasteiger partial charge is 0.267 e. The number of hydrogen-bond donors (Lipinski definition) is 1. The van der Waals surface area contributed by atoms with E-state index in [0.717, 1.165) is 0 Å². The van der Waals surface area contributed by atoms with Gasteiger partial charge in [0.25, 0.3) is 5.91 Å². The molecule has 10 heteroatoms.